The van der Waals surface area contributed by atoms with Crippen LogP contribution in [0.5, 0.6) is 5.75 Å². The Morgan fingerprint density at radius 1 is 1.10 bits per heavy atom. The number of hydrogen-bond donors (Lipinski definition) is 2. The fourth-order valence-corrected chi connectivity index (χ4v) is 4.91. The zero-order valence-electron chi connectivity index (χ0n) is 16.2. The first kappa shape index (κ1) is 20.6. The molecule has 0 unspecified atom stereocenters. The molecule has 160 valence electrons. The summed E-state index contributed by atoms with van der Waals surface area (Å²) in [6, 6.07) is 6.43. The van der Waals surface area contributed by atoms with E-state index in [1.807, 2.05) is 0 Å². The number of nitrogens with one attached hydrogen (secondary N) is 1. The van der Waals surface area contributed by atoms with Gasteiger partial charge in [0.15, 0.2) is 11.6 Å². The van der Waals surface area contributed by atoms with Gasteiger partial charge in [-0.25, -0.2) is 17.6 Å². The summed E-state index contributed by atoms with van der Waals surface area (Å²) in [5.74, 6) is -2.38. The molecule has 2 N–H and O–H groups in total. The Bertz CT molecular complexity index is 1080. The number of carboxylic acid groups (broad SMARTS) is 1. The van der Waals surface area contributed by atoms with Gasteiger partial charge in [-0.15, -0.1) is 0 Å². The predicted molar refractivity (Wildman–Crippen MR) is 107 cm³/mol. The van der Waals surface area contributed by atoms with Gasteiger partial charge < -0.3 is 14.6 Å². The van der Waals surface area contributed by atoms with E-state index in [9.17, 15) is 22.7 Å². The number of rotatable bonds is 6. The number of fused-ring (bicyclic) bond motifs is 1. The first-order chi connectivity index (χ1) is 14.3. The standard InChI is InChI=1S/C21H22FNO6S/c22-18-10-19(17(21(24)25)9-20(18)29-15-4-2-1-3-5-15)23-30(26,27)16-7-6-13-11-28-12-14(13)8-16/h6-10,15,23H,1-5,11-12H2,(H,24,25). The topological polar surface area (TPSA) is 102 Å². The monoisotopic (exact) mass is 435 g/mol. The van der Waals surface area contributed by atoms with Gasteiger partial charge >= 0.3 is 5.97 Å². The number of ether oxygens (including phenoxy) is 2. The van der Waals surface area contributed by atoms with Crippen molar-refractivity contribution in [3.05, 3.63) is 52.8 Å². The summed E-state index contributed by atoms with van der Waals surface area (Å²) in [5, 5.41) is 9.55. The number of halogens is 1. The highest BCUT2D eigenvalue weighted by molar-refractivity contribution is 7.92. The lowest BCUT2D eigenvalue weighted by molar-refractivity contribution is 0.0696. The maximum atomic E-state index is 14.6. The highest BCUT2D eigenvalue weighted by Gasteiger charge is 2.24. The largest absolute Gasteiger partial charge is 0.487 e. The molecule has 7 nitrogen and oxygen atoms in total. The van der Waals surface area contributed by atoms with Gasteiger partial charge in [0.1, 0.15) is 0 Å². The van der Waals surface area contributed by atoms with Gasteiger partial charge in [0.05, 0.1) is 35.5 Å². The van der Waals surface area contributed by atoms with Gasteiger partial charge in [-0.1, -0.05) is 12.5 Å². The van der Waals surface area contributed by atoms with Gasteiger partial charge in [0.2, 0.25) is 0 Å². The molecule has 9 heteroatoms. The van der Waals surface area contributed by atoms with Crippen molar-refractivity contribution in [2.45, 2.75) is 56.3 Å². The molecule has 1 aliphatic carbocycles. The van der Waals surface area contributed by atoms with Crippen molar-refractivity contribution in [1.29, 1.82) is 0 Å². The Labute approximate surface area is 173 Å². The molecule has 4 rings (SSSR count). The molecule has 1 fully saturated rings. The SMILES string of the molecule is O=C(O)c1cc(OC2CCCCC2)c(F)cc1NS(=O)(=O)c1ccc2c(c1)COC2. The van der Waals surface area contributed by atoms with Crippen LogP contribution in [0.1, 0.15) is 53.6 Å². The molecule has 30 heavy (non-hydrogen) atoms. The third-order valence-corrected chi connectivity index (χ3v) is 6.76. The minimum Gasteiger partial charge on any atom is -0.487 e. The minimum atomic E-state index is -4.12. The van der Waals surface area contributed by atoms with Gasteiger partial charge in [-0.2, -0.15) is 0 Å². The van der Waals surface area contributed by atoms with Crippen LogP contribution in [0.3, 0.4) is 0 Å². The molecular weight excluding hydrogens is 413 g/mol. The third kappa shape index (κ3) is 4.27. The maximum absolute atomic E-state index is 14.6. The Morgan fingerprint density at radius 2 is 1.83 bits per heavy atom. The van der Waals surface area contributed by atoms with Crippen molar-refractivity contribution in [3.63, 3.8) is 0 Å². The van der Waals surface area contributed by atoms with Crippen molar-refractivity contribution < 1.29 is 32.2 Å². The molecule has 2 aromatic carbocycles. The fraction of sp³-hybridized carbons (Fsp3) is 0.381. The molecule has 1 aliphatic heterocycles. The van der Waals surface area contributed by atoms with Crippen molar-refractivity contribution in [1.82, 2.24) is 0 Å². The lowest BCUT2D eigenvalue weighted by atomic mass is 9.98. The Kier molecular flexibility index (Phi) is 5.66. The highest BCUT2D eigenvalue weighted by atomic mass is 32.2. The second-order valence-electron chi connectivity index (χ2n) is 7.54. The summed E-state index contributed by atoms with van der Waals surface area (Å²) in [5.41, 5.74) is 0.914. The van der Waals surface area contributed by atoms with Gasteiger partial charge in [-0.3, -0.25) is 4.72 Å². The molecule has 0 aromatic heterocycles. The van der Waals surface area contributed by atoms with Crippen molar-refractivity contribution in [2.24, 2.45) is 0 Å². The van der Waals surface area contributed by atoms with Crippen LogP contribution in [0.4, 0.5) is 10.1 Å². The van der Waals surface area contributed by atoms with E-state index < -0.39 is 21.8 Å². The number of aromatic carboxylic acids is 1. The van der Waals surface area contributed by atoms with Gasteiger partial charge in [0, 0.05) is 6.07 Å². The molecule has 0 amide bonds. The van der Waals surface area contributed by atoms with E-state index in [0.717, 1.165) is 55.4 Å². The van der Waals surface area contributed by atoms with Crippen molar-refractivity contribution in [3.8, 4) is 5.75 Å². The van der Waals surface area contributed by atoms with Crippen molar-refractivity contribution >= 4 is 21.7 Å². The molecule has 0 atom stereocenters. The molecule has 0 saturated heterocycles. The van der Waals surface area contributed by atoms with E-state index >= 15 is 0 Å². The van der Waals surface area contributed by atoms with Crippen LogP contribution in [-0.4, -0.2) is 25.6 Å². The zero-order valence-corrected chi connectivity index (χ0v) is 17.0. The second kappa shape index (κ2) is 8.23. The summed E-state index contributed by atoms with van der Waals surface area (Å²) in [6.45, 7) is 0.723. The number of hydrogen-bond acceptors (Lipinski definition) is 5. The minimum absolute atomic E-state index is 0.0500. The average Bonchev–Trinajstić information content (AvgIpc) is 3.18. The first-order valence-corrected chi connectivity index (χ1v) is 11.3. The second-order valence-corrected chi connectivity index (χ2v) is 9.22. The number of sulfonamides is 1. The summed E-state index contributed by atoms with van der Waals surface area (Å²) in [4.78, 5) is 11.7. The molecule has 0 bridgehead atoms. The Morgan fingerprint density at radius 3 is 2.57 bits per heavy atom. The molecule has 0 spiro atoms. The fourth-order valence-electron chi connectivity index (χ4n) is 3.79. The normalized spacial score (nSPS) is 16.8. The van der Waals surface area contributed by atoms with E-state index in [0.29, 0.717) is 13.2 Å². The smallest absolute Gasteiger partial charge is 0.337 e. The molecule has 2 aromatic rings. The zero-order chi connectivity index (χ0) is 21.3. The summed E-state index contributed by atoms with van der Waals surface area (Å²) in [7, 11) is -4.12. The Balaban J connectivity index is 1.62. The quantitative estimate of drug-likeness (QED) is 0.709. The average molecular weight is 435 g/mol. The summed E-state index contributed by atoms with van der Waals surface area (Å²) in [6.07, 6.45) is 4.42. The van der Waals surface area contributed by atoms with Crippen LogP contribution in [0.15, 0.2) is 35.2 Å². The summed E-state index contributed by atoms with van der Waals surface area (Å²) < 4.78 is 53.4. The van der Waals surface area contributed by atoms with Crippen LogP contribution in [0.25, 0.3) is 0 Å². The van der Waals surface area contributed by atoms with Gasteiger partial charge in [-0.05, 0) is 55.0 Å². The lowest BCUT2D eigenvalue weighted by Gasteiger charge is -2.23. The van der Waals surface area contributed by atoms with E-state index in [2.05, 4.69) is 4.72 Å². The van der Waals surface area contributed by atoms with Crippen LogP contribution >= 0.6 is 0 Å². The number of carboxylic acids is 1. The molecule has 2 aliphatic rings. The molecule has 0 radical (unpaired) electrons. The van der Waals surface area contributed by atoms with Crippen LogP contribution in [-0.2, 0) is 28.0 Å². The number of anilines is 1. The van der Waals surface area contributed by atoms with Crippen LogP contribution in [0.2, 0.25) is 0 Å². The lowest BCUT2D eigenvalue weighted by Crippen LogP contribution is -2.21. The van der Waals surface area contributed by atoms with E-state index in [1.165, 1.54) is 12.1 Å². The van der Waals surface area contributed by atoms with E-state index in [1.54, 1.807) is 6.07 Å². The number of benzene rings is 2. The van der Waals surface area contributed by atoms with Crippen LogP contribution < -0.4 is 9.46 Å². The molecule has 1 heterocycles. The highest BCUT2D eigenvalue weighted by Crippen LogP contribution is 2.32. The van der Waals surface area contributed by atoms with E-state index in [-0.39, 0.29) is 28.0 Å². The van der Waals surface area contributed by atoms with Crippen LogP contribution in [0, 0.1) is 5.82 Å². The summed E-state index contributed by atoms with van der Waals surface area (Å²) >= 11 is 0. The third-order valence-electron chi connectivity index (χ3n) is 5.40. The predicted octanol–water partition coefficient (Wildman–Crippen LogP) is 4.07. The van der Waals surface area contributed by atoms with Gasteiger partial charge in [0.25, 0.3) is 10.0 Å². The Hall–Kier alpha value is -2.65. The maximum Gasteiger partial charge on any atom is 0.337 e. The first-order valence-electron chi connectivity index (χ1n) is 9.79. The van der Waals surface area contributed by atoms with Crippen molar-refractivity contribution in [2.75, 3.05) is 4.72 Å². The number of carbonyl (C=O) groups is 1. The molecule has 1 saturated carbocycles. The molecular formula is C21H22FNO6S. The van der Waals surface area contributed by atoms with E-state index in [4.69, 9.17) is 9.47 Å².